The van der Waals surface area contributed by atoms with Crippen LogP contribution in [0.15, 0.2) is 0 Å². The summed E-state index contributed by atoms with van der Waals surface area (Å²) in [7, 11) is 13.8. The van der Waals surface area contributed by atoms with Crippen LogP contribution in [0.5, 0.6) is 0 Å². The number of nitrogens with zero attached hydrogens (tertiary/aromatic N) is 2. The standard InChI is InChI=1S/2C21H46N.C16H35N.C2H4O2.BrH/c2*1-5-6-7-8-9-10-11-12-13-14-15-16-17-18-19-20-21-22(2,3)4;1-2-3-4-5-6-7-8-9-10-11-12-13-14-15-16-17;1-2(3)4;/h2*5-21H2,1-4H3;2-17H2,1H3;1H3,(H,3,4);1H/q2*+1;;;/p-2. The Bertz CT molecular complexity index is 764. The van der Waals surface area contributed by atoms with Gasteiger partial charge in [0.25, 0.3) is 0 Å². The van der Waals surface area contributed by atoms with Gasteiger partial charge in [0.15, 0.2) is 0 Å². The average Bonchev–Trinajstić information content (AvgIpc) is 3.24. The zero-order chi connectivity index (χ0) is 49.2. The minimum absolute atomic E-state index is 0. The molecule has 0 rings (SSSR count). The van der Waals surface area contributed by atoms with Crippen molar-refractivity contribution in [3.63, 3.8) is 0 Å². The maximum atomic E-state index is 8.89. The lowest BCUT2D eigenvalue weighted by Crippen LogP contribution is -3.00. The number of halogens is 1. The molecule has 0 heterocycles. The van der Waals surface area contributed by atoms with Crippen molar-refractivity contribution in [2.45, 2.75) is 323 Å². The first-order valence-corrected chi connectivity index (χ1v) is 29.8. The fourth-order valence-corrected chi connectivity index (χ4v) is 8.61. The van der Waals surface area contributed by atoms with Gasteiger partial charge >= 0.3 is 0 Å². The van der Waals surface area contributed by atoms with Gasteiger partial charge in [-0.1, -0.05) is 284 Å². The Hall–Kier alpha value is -0.170. The minimum atomic E-state index is -1.08. The molecule has 0 aromatic carbocycles. The van der Waals surface area contributed by atoms with Crippen LogP contribution in [0.25, 0.3) is 0 Å². The molecule has 0 aromatic rings. The van der Waals surface area contributed by atoms with E-state index in [0.29, 0.717) is 0 Å². The van der Waals surface area contributed by atoms with E-state index in [1.54, 1.807) is 0 Å². The Kier molecular flexibility index (Phi) is 73.4. The van der Waals surface area contributed by atoms with E-state index in [-0.39, 0.29) is 17.0 Å². The Morgan fingerprint density at radius 3 is 0.545 bits per heavy atom. The maximum absolute atomic E-state index is 8.89. The summed E-state index contributed by atoms with van der Waals surface area (Å²) in [5.74, 6) is -1.08. The molecule has 0 unspecified atom stereocenters. The first kappa shape index (κ1) is 74.8. The van der Waals surface area contributed by atoms with E-state index in [0.717, 1.165) is 22.4 Å². The van der Waals surface area contributed by atoms with Crippen LogP contribution in [-0.4, -0.2) is 76.9 Å². The molecule has 404 valence electrons. The molecule has 0 saturated carbocycles. The van der Waals surface area contributed by atoms with E-state index in [2.05, 4.69) is 63.1 Å². The highest BCUT2D eigenvalue weighted by Crippen LogP contribution is 2.16. The number of carbonyl (C=O) groups is 1. The third-order valence-corrected chi connectivity index (χ3v) is 12.9. The Labute approximate surface area is 430 Å². The van der Waals surface area contributed by atoms with Crippen LogP contribution in [0.4, 0.5) is 0 Å². The molecule has 0 radical (unpaired) electrons. The smallest absolute Gasteiger partial charge is 0.0780 e. The number of hydrogen-bond acceptors (Lipinski definition) is 3. The summed E-state index contributed by atoms with van der Waals surface area (Å²) in [4.78, 5) is 8.89. The van der Waals surface area contributed by atoms with Crippen molar-refractivity contribution in [2.24, 2.45) is 5.73 Å². The lowest BCUT2D eigenvalue weighted by molar-refractivity contribution is -0.870. The molecule has 0 aliphatic rings. The van der Waals surface area contributed by atoms with E-state index in [9.17, 15) is 0 Å². The molecule has 0 fully saturated rings. The summed E-state index contributed by atoms with van der Waals surface area (Å²) < 4.78 is 2.25. The lowest BCUT2D eigenvalue weighted by atomic mass is 10.0. The van der Waals surface area contributed by atoms with Crippen LogP contribution < -0.4 is 27.8 Å². The number of rotatable bonds is 48. The van der Waals surface area contributed by atoms with Crippen molar-refractivity contribution in [1.29, 1.82) is 0 Å². The summed E-state index contributed by atoms with van der Waals surface area (Å²) in [6, 6.07) is 0. The topological polar surface area (TPSA) is 66.1 Å². The van der Waals surface area contributed by atoms with Crippen molar-refractivity contribution in [2.75, 3.05) is 61.9 Å². The highest BCUT2D eigenvalue weighted by molar-refractivity contribution is 5.60. The third-order valence-electron chi connectivity index (χ3n) is 12.9. The second kappa shape index (κ2) is 64.8. The van der Waals surface area contributed by atoms with Crippen molar-refractivity contribution >= 4 is 5.97 Å². The number of hydrogen-bond donors (Lipinski definition) is 1. The van der Waals surface area contributed by atoms with Gasteiger partial charge in [-0.3, -0.25) is 0 Å². The summed E-state index contributed by atoms with van der Waals surface area (Å²) in [6.07, 6.45) is 66.6. The molecule has 0 aliphatic carbocycles. The Balaban J connectivity index is -0.000000270. The second-order valence-electron chi connectivity index (χ2n) is 22.5. The number of carboxylic acid groups (broad SMARTS) is 1. The molecule has 0 aromatic heterocycles. The van der Waals surface area contributed by atoms with Crippen LogP contribution in [-0.2, 0) is 4.79 Å². The molecule has 0 saturated heterocycles. The van der Waals surface area contributed by atoms with Crippen LogP contribution >= 0.6 is 0 Å². The fourth-order valence-electron chi connectivity index (χ4n) is 8.61. The van der Waals surface area contributed by atoms with Crippen LogP contribution in [0, 0.1) is 0 Å². The van der Waals surface area contributed by atoms with Gasteiger partial charge in [-0.25, -0.2) is 0 Å². The molecule has 0 bridgehead atoms. The second-order valence-corrected chi connectivity index (χ2v) is 22.5. The predicted octanol–water partition coefficient (Wildman–Crippen LogP) is 15.1. The molecular weight excluding hydrogens is 875 g/mol. The van der Waals surface area contributed by atoms with Gasteiger partial charge in [-0.15, -0.1) is 0 Å². The molecule has 0 amide bonds. The largest absolute Gasteiger partial charge is 1.00 e. The third kappa shape index (κ3) is 93.8. The van der Waals surface area contributed by atoms with E-state index in [4.69, 9.17) is 15.6 Å². The van der Waals surface area contributed by atoms with Gasteiger partial charge in [-0.2, -0.15) is 0 Å². The average molecular weight is 1010 g/mol. The van der Waals surface area contributed by atoms with E-state index < -0.39 is 5.97 Å². The molecular formula is C60H130BrN3O2. The normalized spacial score (nSPS) is 11.2. The Morgan fingerprint density at radius 2 is 0.424 bits per heavy atom. The monoisotopic (exact) mass is 1000 g/mol. The molecule has 0 atom stereocenters. The molecule has 5 nitrogen and oxygen atoms in total. The minimum Gasteiger partial charge on any atom is -1.00 e. The highest BCUT2D eigenvalue weighted by Gasteiger charge is 2.06. The number of aliphatic carboxylic acids is 1. The SMILES string of the molecule is CC(=O)[O-].CCCCCCCCCCCCCCCCCC[N+](C)(C)C.CCCCCCCCCCCCCCCCCC[N+](C)(C)C.CCCCCCCCCCCCCCCCN.[Br-]. The van der Waals surface area contributed by atoms with Crippen molar-refractivity contribution < 1.29 is 35.8 Å². The summed E-state index contributed by atoms with van der Waals surface area (Å²) in [5.41, 5.74) is 5.47. The van der Waals surface area contributed by atoms with Crippen molar-refractivity contribution in [1.82, 2.24) is 0 Å². The number of carboxylic acids is 1. The number of nitrogens with two attached hydrogens (primary N) is 1. The molecule has 6 heteroatoms. The van der Waals surface area contributed by atoms with Gasteiger partial charge < -0.3 is 41.6 Å². The van der Waals surface area contributed by atoms with Gasteiger partial charge in [-0.05, 0) is 45.6 Å². The summed E-state index contributed by atoms with van der Waals surface area (Å²) in [6.45, 7) is 11.4. The molecule has 0 aliphatic heterocycles. The Morgan fingerprint density at radius 1 is 0.303 bits per heavy atom. The van der Waals surface area contributed by atoms with E-state index in [1.807, 2.05) is 0 Å². The van der Waals surface area contributed by atoms with E-state index in [1.165, 1.54) is 308 Å². The van der Waals surface area contributed by atoms with Gasteiger partial charge in [0.2, 0.25) is 0 Å². The first-order chi connectivity index (χ1) is 31.3. The van der Waals surface area contributed by atoms with Crippen LogP contribution in [0.1, 0.15) is 323 Å². The van der Waals surface area contributed by atoms with Gasteiger partial charge in [0.1, 0.15) is 0 Å². The first-order valence-electron chi connectivity index (χ1n) is 29.8. The zero-order valence-electron chi connectivity index (χ0n) is 47.8. The number of quaternary nitrogens is 2. The van der Waals surface area contributed by atoms with Gasteiger partial charge in [0, 0.05) is 5.97 Å². The lowest BCUT2D eigenvalue weighted by Gasteiger charge is -2.23. The summed E-state index contributed by atoms with van der Waals surface area (Å²) >= 11 is 0. The predicted molar refractivity (Wildman–Crippen MR) is 295 cm³/mol. The molecule has 0 spiro atoms. The van der Waals surface area contributed by atoms with Crippen LogP contribution in [0.2, 0.25) is 0 Å². The zero-order valence-corrected chi connectivity index (χ0v) is 49.4. The molecule has 66 heavy (non-hydrogen) atoms. The number of carbonyl (C=O) groups excluding carboxylic acids is 1. The van der Waals surface area contributed by atoms with Gasteiger partial charge in [0.05, 0.1) is 55.4 Å². The fraction of sp³-hybridized carbons (Fsp3) is 0.983. The number of unbranched alkanes of at least 4 members (excludes halogenated alkanes) is 43. The molecule has 2 N–H and O–H groups in total. The quantitative estimate of drug-likeness (QED) is 0.0488. The van der Waals surface area contributed by atoms with E-state index >= 15 is 0 Å². The van der Waals surface area contributed by atoms with Crippen molar-refractivity contribution in [3.8, 4) is 0 Å². The van der Waals surface area contributed by atoms with Crippen LogP contribution in [0.3, 0.4) is 0 Å². The van der Waals surface area contributed by atoms with Crippen molar-refractivity contribution in [3.05, 3.63) is 0 Å². The highest BCUT2D eigenvalue weighted by atomic mass is 79.9. The summed E-state index contributed by atoms with van der Waals surface area (Å²) in [5, 5.41) is 8.89. The maximum Gasteiger partial charge on any atom is 0.0780 e.